The molecule has 2 unspecified atom stereocenters. The highest BCUT2D eigenvalue weighted by Gasteiger charge is 2.23. The lowest BCUT2D eigenvalue weighted by molar-refractivity contribution is 0.0591. The van der Waals surface area contributed by atoms with E-state index in [1.165, 1.54) is 0 Å². The van der Waals surface area contributed by atoms with E-state index in [9.17, 15) is 5.11 Å². The summed E-state index contributed by atoms with van der Waals surface area (Å²) in [5, 5.41) is 18.7. The second kappa shape index (κ2) is 5.13. The van der Waals surface area contributed by atoms with Crippen molar-refractivity contribution in [2.75, 3.05) is 6.61 Å². The van der Waals surface area contributed by atoms with Gasteiger partial charge >= 0.3 is 0 Å². The predicted octanol–water partition coefficient (Wildman–Crippen LogP) is 1.78. The van der Waals surface area contributed by atoms with Crippen LogP contribution in [0.2, 0.25) is 0 Å². The van der Waals surface area contributed by atoms with Crippen molar-refractivity contribution in [3.05, 3.63) is 35.9 Å². The molecule has 2 atom stereocenters. The van der Waals surface area contributed by atoms with E-state index >= 15 is 0 Å². The SMILES string of the molecule is CC(C)C(c1ccccc1)C(O)CO. The zero-order valence-electron chi connectivity index (χ0n) is 8.72. The van der Waals surface area contributed by atoms with Crippen molar-refractivity contribution < 1.29 is 10.2 Å². The summed E-state index contributed by atoms with van der Waals surface area (Å²) in [6, 6.07) is 9.84. The fourth-order valence-corrected chi connectivity index (χ4v) is 1.84. The molecule has 2 heteroatoms. The summed E-state index contributed by atoms with van der Waals surface area (Å²) in [4.78, 5) is 0. The first kappa shape index (κ1) is 11.2. The number of hydrogen-bond donors (Lipinski definition) is 2. The van der Waals surface area contributed by atoms with Gasteiger partial charge in [0, 0.05) is 5.92 Å². The molecule has 0 aliphatic carbocycles. The normalized spacial score (nSPS) is 15.5. The first-order chi connectivity index (χ1) is 6.66. The molecule has 1 aromatic rings. The van der Waals surface area contributed by atoms with E-state index in [1.54, 1.807) is 0 Å². The topological polar surface area (TPSA) is 40.5 Å². The van der Waals surface area contributed by atoms with Gasteiger partial charge < -0.3 is 10.2 Å². The largest absolute Gasteiger partial charge is 0.394 e. The summed E-state index contributed by atoms with van der Waals surface area (Å²) in [6.07, 6.45) is -0.669. The van der Waals surface area contributed by atoms with Gasteiger partial charge in [0.2, 0.25) is 0 Å². The molecule has 14 heavy (non-hydrogen) atoms. The van der Waals surface area contributed by atoms with Gasteiger partial charge in [0.25, 0.3) is 0 Å². The molecular formula is C12H18O2. The van der Waals surface area contributed by atoms with E-state index in [-0.39, 0.29) is 12.5 Å². The fourth-order valence-electron chi connectivity index (χ4n) is 1.84. The van der Waals surface area contributed by atoms with Crippen molar-refractivity contribution in [3.8, 4) is 0 Å². The molecule has 0 aromatic heterocycles. The predicted molar refractivity (Wildman–Crippen MR) is 57.1 cm³/mol. The van der Waals surface area contributed by atoms with Gasteiger partial charge in [0.1, 0.15) is 0 Å². The molecule has 0 amide bonds. The molecule has 0 aliphatic rings. The van der Waals surface area contributed by atoms with Crippen LogP contribution in [0.4, 0.5) is 0 Å². The van der Waals surface area contributed by atoms with E-state index < -0.39 is 6.10 Å². The van der Waals surface area contributed by atoms with E-state index in [1.807, 2.05) is 30.3 Å². The van der Waals surface area contributed by atoms with Crippen LogP contribution < -0.4 is 0 Å². The van der Waals surface area contributed by atoms with Gasteiger partial charge in [0.15, 0.2) is 0 Å². The average molecular weight is 194 g/mol. The molecule has 0 radical (unpaired) electrons. The number of benzene rings is 1. The van der Waals surface area contributed by atoms with E-state index in [2.05, 4.69) is 13.8 Å². The van der Waals surface area contributed by atoms with E-state index in [0.717, 1.165) is 5.56 Å². The van der Waals surface area contributed by atoms with Gasteiger partial charge in [-0.2, -0.15) is 0 Å². The van der Waals surface area contributed by atoms with Crippen LogP contribution in [0.3, 0.4) is 0 Å². The molecule has 1 aromatic carbocycles. The fraction of sp³-hybridized carbons (Fsp3) is 0.500. The van der Waals surface area contributed by atoms with Crippen LogP contribution in [0.1, 0.15) is 25.3 Å². The van der Waals surface area contributed by atoms with Crippen molar-refractivity contribution in [1.29, 1.82) is 0 Å². The second-order valence-electron chi connectivity index (χ2n) is 3.93. The van der Waals surface area contributed by atoms with Crippen LogP contribution in [0.5, 0.6) is 0 Å². The molecule has 0 saturated heterocycles. The molecule has 0 fully saturated rings. The number of aliphatic hydroxyl groups excluding tert-OH is 2. The molecule has 0 heterocycles. The minimum Gasteiger partial charge on any atom is -0.394 e. The summed E-state index contributed by atoms with van der Waals surface area (Å²) in [6.45, 7) is 3.92. The Morgan fingerprint density at radius 2 is 1.71 bits per heavy atom. The zero-order chi connectivity index (χ0) is 10.6. The Kier molecular flexibility index (Phi) is 4.11. The highest BCUT2D eigenvalue weighted by Crippen LogP contribution is 2.27. The Morgan fingerprint density at radius 3 is 2.14 bits per heavy atom. The summed E-state index contributed by atoms with van der Waals surface area (Å²) in [7, 11) is 0. The van der Waals surface area contributed by atoms with Crippen molar-refractivity contribution in [2.24, 2.45) is 5.92 Å². The Bertz CT molecular complexity index is 256. The Morgan fingerprint density at radius 1 is 1.14 bits per heavy atom. The van der Waals surface area contributed by atoms with E-state index in [0.29, 0.717) is 5.92 Å². The molecule has 1 rings (SSSR count). The molecule has 0 bridgehead atoms. The average Bonchev–Trinajstić information content (AvgIpc) is 2.19. The molecular weight excluding hydrogens is 176 g/mol. The van der Waals surface area contributed by atoms with Crippen molar-refractivity contribution in [2.45, 2.75) is 25.9 Å². The van der Waals surface area contributed by atoms with Gasteiger partial charge in [-0.15, -0.1) is 0 Å². The number of rotatable bonds is 4. The third-order valence-electron chi connectivity index (χ3n) is 2.50. The highest BCUT2D eigenvalue weighted by atomic mass is 16.3. The van der Waals surface area contributed by atoms with Gasteiger partial charge in [-0.05, 0) is 11.5 Å². The monoisotopic (exact) mass is 194 g/mol. The Labute approximate surface area is 85.2 Å². The minimum absolute atomic E-state index is 0.0150. The first-order valence-corrected chi connectivity index (χ1v) is 5.00. The van der Waals surface area contributed by atoms with Crippen LogP contribution in [0.25, 0.3) is 0 Å². The Balaban J connectivity index is 2.89. The van der Waals surface area contributed by atoms with Crippen molar-refractivity contribution in [1.82, 2.24) is 0 Å². The minimum atomic E-state index is -0.669. The second-order valence-corrected chi connectivity index (χ2v) is 3.93. The van der Waals surface area contributed by atoms with Crippen molar-refractivity contribution >= 4 is 0 Å². The number of hydrogen-bond acceptors (Lipinski definition) is 2. The molecule has 0 aliphatic heterocycles. The third-order valence-corrected chi connectivity index (χ3v) is 2.50. The van der Waals surface area contributed by atoms with Crippen LogP contribution in [0.15, 0.2) is 30.3 Å². The van der Waals surface area contributed by atoms with E-state index in [4.69, 9.17) is 5.11 Å². The zero-order valence-corrected chi connectivity index (χ0v) is 8.72. The third kappa shape index (κ3) is 2.56. The summed E-state index contributed by atoms with van der Waals surface area (Å²) < 4.78 is 0. The van der Waals surface area contributed by atoms with Crippen LogP contribution in [-0.2, 0) is 0 Å². The molecule has 2 N–H and O–H groups in total. The van der Waals surface area contributed by atoms with Gasteiger partial charge in [-0.25, -0.2) is 0 Å². The number of aliphatic hydroxyl groups is 2. The lowest BCUT2D eigenvalue weighted by Crippen LogP contribution is -2.26. The van der Waals surface area contributed by atoms with Crippen LogP contribution in [0, 0.1) is 5.92 Å². The first-order valence-electron chi connectivity index (χ1n) is 5.00. The molecule has 2 nitrogen and oxygen atoms in total. The highest BCUT2D eigenvalue weighted by molar-refractivity contribution is 5.21. The maximum atomic E-state index is 9.69. The molecule has 0 spiro atoms. The van der Waals surface area contributed by atoms with Crippen LogP contribution >= 0.6 is 0 Å². The van der Waals surface area contributed by atoms with Gasteiger partial charge in [0.05, 0.1) is 12.7 Å². The van der Waals surface area contributed by atoms with Crippen molar-refractivity contribution in [3.63, 3.8) is 0 Å². The maximum Gasteiger partial charge on any atom is 0.0841 e. The smallest absolute Gasteiger partial charge is 0.0841 e. The quantitative estimate of drug-likeness (QED) is 0.767. The lowest BCUT2D eigenvalue weighted by atomic mass is 9.84. The standard InChI is InChI=1S/C12H18O2/c1-9(2)12(11(14)8-13)10-6-4-3-5-7-10/h3-7,9,11-14H,8H2,1-2H3. The summed E-state index contributed by atoms with van der Waals surface area (Å²) in [5.41, 5.74) is 1.09. The maximum absolute atomic E-state index is 9.69. The van der Waals surface area contributed by atoms with Gasteiger partial charge in [-0.1, -0.05) is 44.2 Å². The Hall–Kier alpha value is -0.860. The summed E-state index contributed by atoms with van der Waals surface area (Å²) in [5.74, 6) is 0.334. The van der Waals surface area contributed by atoms with Crippen LogP contribution in [-0.4, -0.2) is 22.9 Å². The summed E-state index contributed by atoms with van der Waals surface area (Å²) >= 11 is 0. The lowest BCUT2D eigenvalue weighted by Gasteiger charge is -2.25. The molecule has 78 valence electrons. The molecule has 0 saturated carbocycles. The van der Waals surface area contributed by atoms with Gasteiger partial charge in [-0.3, -0.25) is 0 Å².